The molecule has 1 aromatic heterocycles. The lowest BCUT2D eigenvalue weighted by Gasteiger charge is -2.46. The summed E-state index contributed by atoms with van der Waals surface area (Å²) >= 11 is 1.82. The first kappa shape index (κ1) is 12.6. The fraction of sp³-hybridized carbons (Fsp3) is 0.733. The van der Waals surface area contributed by atoms with Crippen LogP contribution < -0.4 is 5.32 Å². The van der Waals surface area contributed by atoms with Crippen LogP contribution in [0.1, 0.15) is 44.6 Å². The van der Waals surface area contributed by atoms with Gasteiger partial charge in [0.1, 0.15) is 0 Å². The topological polar surface area (TPSA) is 15.3 Å². The molecule has 1 saturated carbocycles. The first-order valence-corrected chi connectivity index (χ1v) is 8.26. The van der Waals surface area contributed by atoms with Crippen molar-refractivity contribution < 1.29 is 0 Å². The summed E-state index contributed by atoms with van der Waals surface area (Å²) < 4.78 is 0. The summed E-state index contributed by atoms with van der Waals surface area (Å²) in [5, 5.41) is 8.37. The molecule has 3 rings (SSSR count). The van der Waals surface area contributed by atoms with Crippen LogP contribution in [0.5, 0.6) is 0 Å². The predicted molar refractivity (Wildman–Crippen MR) is 78.0 cm³/mol. The van der Waals surface area contributed by atoms with Gasteiger partial charge in [-0.3, -0.25) is 4.90 Å². The quantitative estimate of drug-likeness (QED) is 0.901. The van der Waals surface area contributed by atoms with Gasteiger partial charge in [-0.15, -0.1) is 0 Å². The molecule has 100 valence electrons. The van der Waals surface area contributed by atoms with Gasteiger partial charge in [0.15, 0.2) is 0 Å². The van der Waals surface area contributed by atoms with Crippen molar-refractivity contribution in [3.8, 4) is 0 Å². The van der Waals surface area contributed by atoms with Gasteiger partial charge in [0.25, 0.3) is 0 Å². The van der Waals surface area contributed by atoms with Crippen LogP contribution in [0.2, 0.25) is 0 Å². The lowest BCUT2D eigenvalue weighted by atomic mass is 9.91. The van der Waals surface area contributed by atoms with Crippen LogP contribution in [-0.2, 0) is 6.54 Å². The van der Waals surface area contributed by atoms with E-state index in [1.165, 1.54) is 50.8 Å². The molecule has 1 spiro atoms. The van der Waals surface area contributed by atoms with Gasteiger partial charge in [-0.25, -0.2) is 0 Å². The molecule has 1 N–H and O–H groups in total. The molecular formula is C15H24N2S. The van der Waals surface area contributed by atoms with Gasteiger partial charge in [-0.05, 0) is 41.7 Å². The zero-order valence-corrected chi connectivity index (χ0v) is 12.1. The third-order valence-corrected chi connectivity index (χ3v) is 5.46. The number of rotatable bonds is 3. The highest BCUT2D eigenvalue weighted by molar-refractivity contribution is 7.07. The Hall–Kier alpha value is -0.380. The van der Waals surface area contributed by atoms with E-state index in [1.807, 2.05) is 11.3 Å². The third-order valence-electron chi connectivity index (χ3n) is 4.73. The van der Waals surface area contributed by atoms with Gasteiger partial charge in [0.05, 0.1) is 0 Å². The van der Waals surface area contributed by atoms with Crippen LogP contribution >= 0.6 is 11.3 Å². The van der Waals surface area contributed by atoms with Crippen LogP contribution in [0.15, 0.2) is 16.8 Å². The molecule has 2 nitrogen and oxygen atoms in total. The van der Waals surface area contributed by atoms with Crippen molar-refractivity contribution in [3.05, 3.63) is 22.4 Å². The van der Waals surface area contributed by atoms with Crippen molar-refractivity contribution in [2.24, 2.45) is 0 Å². The number of nitrogens with one attached hydrogen (secondary N) is 1. The fourth-order valence-corrected chi connectivity index (χ4v) is 4.29. The zero-order valence-electron chi connectivity index (χ0n) is 11.3. The maximum Gasteiger partial charge on any atom is 0.0309 e. The van der Waals surface area contributed by atoms with Crippen molar-refractivity contribution in [2.75, 3.05) is 13.1 Å². The van der Waals surface area contributed by atoms with E-state index in [4.69, 9.17) is 0 Å². The van der Waals surface area contributed by atoms with Crippen LogP contribution in [0, 0.1) is 0 Å². The minimum absolute atomic E-state index is 0.446. The zero-order chi connectivity index (χ0) is 12.4. The Kier molecular flexibility index (Phi) is 3.73. The number of thiophene rings is 1. The van der Waals surface area contributed by atoms with Crippen LogP contribution in [-0.4, -0.2) is 29.6 Å². The maximum atomic E-state index is 3.87. The Labute approximate surface area is 114 Å². The molecule has 0 radical (unpaired) electrons. The Morgan fingerprint density at radius 2 is 2.28 bits per heavy atom. The van der Waals surface area contributed by atoms with Crippen molar-refractivity contribution in [1.82, 2.24) is 10.2 Å². The van der Waals surface area contributed by atoms with E-state index in [2.05, 4.69) is 34.0 Å². The molecule has 1 unspecified atom stereocenters. The fourth-order valence-electron chi connectivity index (χ4n) is 3.63. The molecule has 1 aliphatic heterocycles. The summed E-state index contributed by atoms with van der Waals surface area (Å²) in [6, 6.07) is 3.00. The molecular weight excluding hydrogens is 240 g/mol. The molecule has 2 fully saturated rings. The molecule has 1 aromatic rings. The normalized spacial score (nSPS) is 27.9. The van der Waals surface area contributed by atoms with Crippen molar-refractivity contribution >= 4 is 11.3 Å². The first-order chi connectivity index (χ1) is 8.81. The number of hydrogen-bond donors (Lipinski definition) is 1. The molecule has 1 atom stereocenters. The molecule has 0 aromatic carbocycles. The standard InChI is InChI=1S/C15H24N2S/c1-2-14-9-16-15(6-3-4-7-15)12-17(14)10-13-5-8-18-11-13/h5,8,11,14,16H,2-4,6-7,9-10,12H2,1H3. The smallest absolute Gasteiger partial charge is 0.0309 e. The number of nitrogens with zero attached hydrogens (tertiary/aromatic N) is 1. The summed E-state index contributed by atoms with van der Waals surface area (Å²) in [7, 11) is 0. The molecule has 2 aliphatic rings. The molecule has 1 saturated heterocycles. The second kappa shape index (κ2) is 5.32. The largest absolute Gasteiger partial charge is 0.308 e. The van der Waals surface area contributed by atoms with E-state index in [-0.39, 0.29) is 0 Å². The summed E-state index contributed by atoms with van der Waals surface area (Å²) in [5.74, 6) is 0. The minimum Gasteiger partial charge on any atom is -0.308 e. The Morgan fingerprint density at radius 1 is 1.44 bits per heavy atom. The average molecular weight is 264 g/mol. The molecule has 3 heteroatoms. The minimum atomic E-state index is 0.446. The molecule has 18 heavy (non-hydrogen) atoms. The maximum absolute atomic E-state index is 3.87. The van der Waals surface area contributed by atoms with Gasteiger partial charge in [0, 0.05) is 31.2 Å². The van der Waals surface area contributed by atoms with Gasteiger partial charge in [0.2, 0.25) is 0 Å². The summed E-state index contributed by atoms with van der Waals surface area (Å²) in [6.45, 7) is 5.90. The summed E-state index contributed by atoms with van der Waals surface area (Å²) in [5.41, 5.74) is 1.94. The second-order valence-electron chi connectivity index (χ2n) is 5.97. The average Bonchev–Trinajstić information content (AvgIpc) is 3.02. The summed E-state index contributed by atoms with van der Waals surface area (Å²) in [6.07, 6.45) is 6.84. The Balaban J connectivity index is 1.71. The highest BCUT2D eigenvalue weighted by Crippen LogP contribution is 2.34. The van der Waals surface area contributed by atoms with E-state index in [9.17, 15) is 0 Å². The molecule has 0 bridgehead atoms. The van der Waals surface area contributed by atoms with E-state index in [1.54, 1.807) is 0 Å². The molecule has 0 amide bonds. The van der Waals surface area contributed by atoms with Crippen LogP contribution in [0.25, 0.3) is 0 Å². The van der Waals surface area contributed by atoms with Crippen molar-refractivity contribution in [2.45, 2.75) is 57.2 Å². The Morgan fingerprint density at radius 3 is 2.94 bits per heavy atom. The lowest BCUT2D eigenvalue weighted by molar-refractivity contribution is 0.0719. The number of piperazine rings is 1. The van der Waals surface area contributed by atoms with Gasteiger partial charge in [-0.2, -0.15) is 11.3 Å². The van der Waals surface area contributed by atoms with E-state index < -0.39 is 0 Å². The highest BCUT2D eigenvalue weighted by atomic mass is 32.1. The van der Waals surface area contributed by atoms with Crippen LogP contribution in [0.4, 0.5) is 0 Å². The van der Waals surface area contributed by atoms with Crippen molar-refractivity contribution in [1.29, 1.82) is 0 Å². The monoisotopic (exact) mass is 264 g/mol. The highest BCUT2D eigenvalue weighted by Gasteiger charge is 2.40. The third kappa shape index (κ3) is 2.49. The van der Waals surface area contributed by atoms with Crippen molar-refractivity contribution in [3.63, 3.8) is 0 Å². The van der Waals surface area contributed by atoms with Gasteiger partial charge < -0.3 is 5.32 Å². The first-order valence-electron chi connectivity index (χ1n) is 7.31. The Bertz CT molecular complexity index is 368. The predicted octanol–water partition coefficient (Wildman–Crippen LogP) is 3.24. The second-order valence-corrected chi connectivity index (χ2v) is 6.75. The van der Waals surface area contributed by atoms with Gasteiger partial charge >= 0.3 is 0 Å². The van der Waals surface area contributed by atoms with E-state index in [0.717, 1.165) is 12.6 Å². The number of hydrogen-bond acceptors (Lipinski definition) is 3. The molecule has 2 heterocycles. The van der Waals surface area contributed by atoms with E-state index in [0.29, 0.717) is 5.54 Å². The van der Waals surface area contributed by atoms with Crippen LogP contribution in [0.3, 0.4) is 0 Å². The lowest BCUT2D eigenvalue weighted by Crippen LogP contribution is -2.62. The van der Waals surface area contributed by atoms with Gasteiger partial charge in [-0.1, -0.05) is 19.8 Å². The summed E-state index contributed by atoms with van der Waals surface area (Å²) in [4.78, 5) is 2.73. The van der Waals surface area contributed by atoms with E-state index >= 15 is 0 Å². The molecule has 1 aliphatic carbocycles. The SMILES string of the molecule is CCC1CNC2(CCCC2)CN1Cc1ccsc1.